The number of hydrogen-bond donors (Lipinski definition) is 2. The molecular formula is C20H17N3O5S. The Kier molecular flexibility index (Phi) is 6.20. The van der Waals surface area contributed by atoms with Crippen molar-refractivity contribution in [3.8, 4) is 11.1 Å². The SMILES string of the molecule is CCOC(=O)c1c(-c2ccc([N+](=O)[O-])cc2)csc1NC(=O)Nc1ccccc1. The molecule has 0 bridgehead atoms. The molecule has 148 valence electrons. The zero-order chi connectivity index (χ0) is 20.8. The number of para-hydroxylation sites is 1. The van der Waals surface area contributed by atoms with Crippen molar-refractivity contribution in [1.29, 1.82) is 0 Å². The molecule has 0 aliphatic rings. The van der Waals surface area contributed by atoms with Crippen LogP contribution >= 0.6 is 11.3 Å². The lowest BCUT2D eigenvalue weighted by molar-refractivity contribution is -0.384. The lowest BCUT2D eigenvalue weighted by Gasteiger charge is -2.10. The van der Waals surface area contributed by atoms with Crippen LogP contribution in [0.15, 0.2) is 60.0 Å². The van der Waals surface area contributed by atoms with Gasteiger partial charge in [0.2, 0.25) is 0 Å². The van der Waals surface area contributed by atoms with Gasteiger partial charge < -0.3 is 10.1 Å². The van der Waals surface area contributed by atoms with Gasteiger partial charge in [0.1, 0.15) is 10.6 Å². The summed E-state index contributed by atoms with van der Waals surface area (Å²) in [4.78, 5) is 35.2. The number of benzene rings is 2. The van der Waals surface area contributed by atoms with Gasteiger partial charge in [-0.15, -0.1) is 11.3 Å². The van der Waals surface area contributed by atoms with Crippen molar-refractivity contribution in [2.75, 3.05) is 17.2 Å². The molecule has 0 saturated heterocycles. The summed E-state index contributed by atoms with van der Waals surface area (Å²) in [5.41, 5.74) is 1.88. The first-order chi connectivity index (χ1) is 14.0. The number of ether oxygens (including phenoxy) is 1. The van der Waals surface area contributed by atoms with Crippen LogP contribution in [-0.2, 0) is 4.74 Å². The minimum atomic E-state index is -0.586. The van der Waals surface area contributed by atoms with Crippen LogP contribution in [0.5, 0.6) is 0 Å². The Morgan fingerprint density at radius 2 is 1.76 bits per heavy atom. The van der Waals surface area contributed by atoms with Crippen LogP contribution in [0.2, 0.25) is 0 Å². The van der Waals surface area contributed by atoms with Crippen LogP contribution in [0.25, 0.3) is 11.1 Å². The molecule has 0 aliphatic carbocycles. The van der Waals surface area contributed by atoms with E-state index in [1.807, 2.05) is 6.07 Å². The van der Waals surface area contributed by atoms with E-state index >= 15 is 0 Å². The second kappa shape index (κ2) is 8.98. The molecule has 9 heteroatoms. The van der Waals surface area contributed by atoms with Gasteiger partial charge in [0.15, 0.2) is 0 Å². The fourth-order valence-corrected chi connectivity index (χ4v) is 3.57. The molecule has 0 radical (unpaired) electrons. The summed E-state index contributed by atoms with van der Waals surface area (Å²) in [6, 6.07) is 14.2. The minimum absolute atomic E-state index is 0.0535. The Morgan fingerprint density at radius 1 is 1.07 bits per heavy atom. The lowest BCUT2D eigenvalue weighted by Crippen LogP contribution is -2.20. The van der Waals surface area contributed by atoms with Gasteiger partial charge in [-0.3, -0.25) is 15.4 Å². The number of nitrogens with zero attached hydrogens (tertiary/aromatic N) is 1. The highest BCUT2D eigenvalue weighted by atomic mass is 32.1. The Labute approximate surface area is 170 Å². The highest BCUT2D eigenvalue weighted by molar-refractivity contribution is 7.15. The van der Waals surface area contributed by atoms with Crippen LogP contribution in [0.1, 0.15) is 17.3 Å². The largest absolute Gasteiger partial charge is 0.462 e. The van der Waals surface area contributed by atoms with Gasteiger partial charge in [-0.05, 0) is 36.8 Å². The van der Waals surface area contributed by atoms with Crippen molar-refractivity contribution in [3.05, 3.63) is 75.7 Å². The fourth-order valence-electron chi connectivity index (χ4n) is 2.62. The number of amides is 2. The molecule has 0 spiro atoms. The Bertz CT molecular complexity index is 1030. The third kappa shape index (κ3) is 4.77. The average Bonchev–Trinajstić information content (AvgIpc) is 3.12. The number of esters is 1. The molecule has 0 saturated carbocycles. The smallest absolute Gasteiger partial charge is 0.341 e. The second-order valence-electron chi connectivity index (χ2n) is 5.82. The molecule has 0 fully saturated rings. The van der Waals surface area contributed by atoms with Gasteiger partial charge in [0, 0.05) is 28.8 Å². The number of thiophene rings is 1. The van der Waals surface area contributed by atoms with Crippen molar-refractivity contribution in [1.82, 2.24) is 0 Å². The van der Waals surface area contributed by atoms with Gasteiger partial charge in [0.25, 0.3) is 5.69 Å². The highest BCUT2D eigenvalue weighted by Gasteiger charge is 2.23. The maximum absolute atomic E-state index is 12.5. The van der Waals surface area contributed by atoms with Gasteiger partial charge in [-0.1, -0.05) is 18.2 Å². The van der Waals surface area contributed by atoms with Crippen molar-refractivity contribution in [2.24, 2.45) is 0 Å². The van der Waals surface area contributed by atoms with E-state index in [1.165, 1.54) is 23.5 Å². The van der Waals surface area contributed by atoms with Crippen molar-refractivity contribution in [3.63, 3.8) is 0 Å². The first kappa shape index (κ1) is 20.0. The lowest BCUT2D eigenvalue weighted by atomic mass is 10.0. The highest BCUT2D eigenvalue weighted by Crippen LogP contribution is 2.37. The summed E-state index contributed by atoms with van der Waals surface area (Å²) in [6.45, 7) is 1.86. The maximum atomic E-state index is 12.5. The van der Waals surface area contributed by atoms with Crippen LogP contribution in [0, 0.1) is 10.1 Å². The van der Waals surface area contributed by atoms with E-state index < -0.39 is 16.9 Å². The number of non-ortho nitro benzene ring substituents is 1. The molecule has 2 N–H and O–H groups in total. The molecule has 2 amide bonds. The number of urea groups is 1. The van der Waals surface area contributed by atoms with E-state index in [0.29, 0.717) is 21.8 Å². The second-order valence-corrected chi connectivity index (χ2v) is 6.70. The summed E-state index contributed by atoms with van der Waals surface area (Å²) in [5, 5.41) is 18.3. The van der Waals surface area contributed by atoms with Gasteiger partial charge in [0.05, 0.1) is 11.5 Å². The van der Waals surface area contributed by atoms with E-state index in [4.69, 9.17) is 4.74 Å². The van der Waals surface area contributed by atoms with Crippen LogP contribution in [-0.4, -0.2) is 23.5 Å². The molecule has 3 rings (SSSR count). The molecule has 3 aromatic rings. The molecule has 0 unspecified atom stereocenters. The third-order valence-corrected chi connectivity index (χ3v) is 4.81. The molecule has 0 atom stereocenters. The number of hydrogen-bond acceptors (Lipinski definition) is 6. The summed E-state index contributed by atoms with van der Waals surface area (Å²) in [6.07, 6.45) is 0. The molecule has 1 heterocycles. The summed E-state index contributed by atoms with van der Waals surface area (Å²) in [7, 11) is 0. The van der Waals surface area contributed by atoms with Crippen molar-refractivity contribution < 1.29 is 19.2 Å². The molecule has 1 aromatic heterocycles. The predicted octanol–water partition coefficient (Wildman–Crippen LogP) is 5.14. The van der Waals surface area contributed by atoms with Gasteiger partial charge >= 0.3 is 12.0 Å². The quantitative estimate of drug-likeness (QED) is 0.331. The van der Waals surface area contributed by atoms with Crippen LogP contribution in [0.4, 0.5) is 21.2 Å². The zero-order valence-electron chi connectivity index (χ0n) is 15.4. The van der Waals surface area contributed by atoms with Crippen molar-refractivity contribution in [2.45, 2.75) is 6.92 Å². The van der Waals surface area contributed by atoms with E-state index in [1.54, 1.807) is 48.7 Å². The monoisotopic (exact) mass is 411 g/mol. The molecule has 2 aromatic carbocycles. The Hall–Kier alpha value is -3.72. The molecular weight excluding hydrogens is 394 g/mol. The zero-order valence-corrected chi connectivity index (χ0v) is 16.2. The first-order valence-electron chi connectivity index (χ1n) is 8.66. The number of anilines is 2. The normalized spacial score (nSPS) is 10.2. The minimum Gasteiger partial charge on any atom is -0.462 e. The summed E-state index contributed by atoms with van der Waals surface area (Å²) >= 11 is 1.17. The van der Waals surface area contributed by atoms with E-state index in [0.717, 1.165) is 0 Å². The molecule has 0 aliphatic heterocycles. The topological polar surface area (TPSA) is 111 Å². The Morgan fingerprint density at radius 3 is 2.38 bits per heavy atom. The number of nitro groups is 1. The van der Waals surface area contributed by atoms with Crippen LogP contribution < -0.4 is 10.6 Å². The Balaban J connectivity index is 1.90. The van der Waals surface area contributed by atoms with Crippen LogP contribution in [0.3, 0.4) is 0 Å². The number of carbonyl (C=O) groups excluding carboxylic acids is 2. The molecule has 8 nitrogen and oxygen atoms in total. The van der Waals surface area contributed by atoms with E-state index in [-0.39, 0.29) is 17.9 Å². The van der Waals surface area contributed by atoms with Gasteiger partial charge in [-0.25, -0.2) is 9.59 Å². The fraction of sp³-hybridized carbons (Fsp3) is 0.100. The average molecular weight is 411 g/mol. The standard InChI is InChI=1S/C20H17N3O5S/c1-2-28-19(24)17-16(13-8-10-15(11-9-13)23(26)27)12-29-18(17)22-20(25)21-14-6-4-3-5-7-14/h3-12H,2H2,1H3,(H2,21,22,25). The van der Waals surface area contributed by atoms with Crippen molar-refractivity contribution >= 4 is 39.7 Å². The van der Waals surface area contributed by atoms with E-state index in [9.17, 15) is 19.7 Å². The number of carbonyl (C=O) groups is 2. The maximum Gasteiger partial charge on any atom is 0.341 e. The van der Waals surface area contributed by atoms with E-state index in [2.05, 4.69) is 10.6 Å². The predicted molar refractivity (Wildman–Crippen MR) is 111 cm³/mol. The third-order valence-electron chi connectivity index (χ3n) is 3.92. The number of nitro benzene ring substituents is 1. The number of nitrogens with one attached hydrogen (secondary N) is 2. The summed E-state index contributed by atoms with van der Waals surface area (Å²) < 4.78 is 5.14. The van der Waals surface area contributed by atoms with Gasteiger partial charge in [-0.2, -0.15) is 0 Å². The first-order valence-corrected chi connectivity index (χ1v) is 9.54. The molecule has 29 heavy (non-hydrogen) atoms. The summed E-state index contributed by atoms with van der Waals surface area (Å²) in [5.74, 6) is -0.586. The number of rotatable bonds is 6.